The van der Waals surface area contributed by atoms with Gasteiger partial charge in [0.05, 0.1) is 9.79 Å². The summed E-state index contributed by atoms with van der Waals surface area (Å²) >= 11 is 0. The van der Waals surface area contributed by atoms with Crippen LogP contribution in [0.5, 0.6) is 17.2 Å². The molecule has 0 spiro atoms. The zero-order chi connectivity index (χ0) is 37.6. The number of benzene rings is 8. The minimum absolute atomic E-state index is 0.211. The van der Waals surface area contributed by atoms with Gasteiger partial charge in [-0.05, 0) is 145 Å². The fraction of sp³-hybridized carbons (Fsp3) is 0. The van der Waals surface area contributed by atoms with Gasteiger partial charge < -0.3 is 19.6 Å². The van der Waals surface area contributed by atoms with Crippen LogP contribution < -0.4 is 14.5 Å². The molecule has 0 bridgehead atoms. The van der Waals surface area contributed by atoms with Crippen LogP contribution in [0.15, 0.2) is 222 Å². The quantitative estimate of drug-likeness (QED) is 0.143. The van der Waals surface area contributed by atoms with Crippen LogP contribution in [-0.2, 0) is 9.84 Å². The molecule has 6 nitrogen and oxygen atoms in total. The van der Waals surface area contributed by atoms with Crippen LogP contribution in [0.1, 0.15) is 0 Å². The van der Waals surface area contributed by atoms with Gasteiger partial charge in [-0.25, -0.2) is 8.42 Å². The zero-order valence-electron chi connectivity index (χ0n) is 29.7. The van der Waals surface area contributed by atoms with Gasteiger partial charge in [-0.15, -0.1) is 0 Å². The normalized spacial score (nSPS) is 11.1. The van der Waals surface area contributed by atoms with E-state index in [1.807, 2.05) is 72.8 Å². The third-order valence-corrected chi connectivity index (χ3v) is 11.0. The highest BCUT2D eigenvalue weighted by atomic mass is 32.2. The van der Waals surface area contributed by atoms with Crippen LogP contribution in [0.3, 0.4) is 0 Å². The summed E-state index contributed by atoms with van der Waals surface area (Å²) in [6, 6.07) is 67.3. The fourth-order valence-electron chi connectivity index (χ4n) is 6.48. The van der Waals surface area contributed by atoms with E-state index in [4.69, 9.17) is 4.74 Å². The summed E-state index contributed by atoms with van der Waals surface area (Å²) in [5.41, 5.74) is 8.13. The first kappa shape index (κ1) is 35.0. The third-order valence-electron chi connectivity index (χ3n) is 9.24. The van der Waals surface area contributed by atoms with E-state index in [1.165, 1.54) is 0 Å². The lowest BCUT2D eigenvalue weighted by Gasteiger charge is -2.26. The number of rotatable bonds is 11. The topological polar surface area (TPSA) is 70.1 Å². The highest BCUT2D eigenvalue weighted by Crippen LogP contribution is 2.39. The highest BCUT2D eigenvalue weighted by Gasteiger charge is 2.18. The van der Waals surface area contributed by atoms with Crippen LogP contribution in [-0.4, -0.2) is 13.5 Å². The third kappa shape index (κ3) is 7.69. The van der Waals surface area contributed by atoms with Crippen molar-refractivity contribution < 1.29 is 18.3 Å². The van der Waals surface area contributed by atoms with Crippen LogP contribution in [0.25, 0.3) is 11.1 Å². The van der Waals surface area contributed by atoms with Gasteiger partial charge in [0.15, 0.2) is 0 Å². The zero-order valence-corrected chi connectivity index (χ0v) is 30.5. The first-order valence-electron chi connectivity index (χ1n) is 17.8. The first-order chi connectivity index (χ1) is 26.9. The predicted molar refractivity (Wildman–Crippen MR) is 221 cm³/mol. The van der Waals surface area contributed by atoms with E-state index >= 15 is 0 Å². The molecule has 0 fully saturated rings. The Kier molecular flexibility index (Phi) is 9.84. The van der Waals surface area contributed by atoms with Crippen molar-refractivity contribution in [2.24, 2.45) is 0 Å². The molecule has 0 saturated heterocycles. The van der Waals surface area contributed by atoms with Crippen molar-refractivity contribution in [3.05, 3.63) is 212 Å². The van der Waals surface area contributed by atoms with Crippen molar-refractivity contribution in [1.29, 1.82) is 0 Å². The summed E-state index contributed by atoms with van der Waals surface area (Å²) in [6.45, 7) is 0. The Bertz CT molecular complexity index is 2580. The molecule has 0 radical (unpaired) electrons. The molecule has 1 N–H and O–H groups in total. The fourth-order valence-corrected chi connectivity index (χ4v) is 7.76. The number of aromatic hydroxyl groups is 1. The van der Waals surface area contributed by atoms with E-state index < -0.39 is 9.84 Å². The van der Waals surface area contributed by atoms with E-state index in [9.17, 15) is 13.5 Å². The maximum Gasteiger partial charge on any atom is 0.206 e. The van der Waals surface area contributed by atoms with Crippen molar-refractivity contribution in [2.45, 2.75) is 9.79 Å². The molecule has 0 heterocycles. The van der Waals surface area contributed by atoms with E-state index in [0.29, 0.717) is 11.5 Å². The lowest BCUT2D eigenvalue weighted by atomic mass is 10.0. The summed E-state index contributed by atoms with van der Waals surface area (Å²) in [5.74, 6) is 1.40. The lowest BCUT2D eigenvalue weighted by molar-refractivity contribution is 0.475. The van der Waals surface area contributed by atoms with E-state index in [-0.39, 0.29) is 15.5 Å². The first-order valence-corrected chi connectivity index (χ1v) is 19.3. The molecule has 0 aliphatic heterocycles. The van der Waals surface area contributed by atoms with Crippen molar-refractivity contribution in [1.82, 2.24) is 0 Å². The summed E-state index contributed by atoms with van der Waals surface area (Å²) in [7, 11) is -3.61. The van der Waals surface area contributed by atoms with Crippen molar-refractivity contribution >= 4 is 44.0 Å². The molecule has 55 heavy (non-hydrogen) atoms. The molecule has 8 rings (SSSR count). The minimum Gasteiger partial charge on any atom is -0.508 e. The second kappa shape index (κ2) is 15.5. The molecule has 0 aromatic heterocycles. The second-order valence-corrected chi connectivity index (χ2v) is 14.8. The average Bonchev–Trinajstić information content (AvgIpc) is 3.24. The highest BCUT2D eigenvalue weighted by molar-refractivity contribution is 7.91. The smallest absolute Gasteiger partial charge is 0.206 e. The van der Waals surface area contributed by atoms with Gasteiger partial charge in [0.1, 0.15) is 17.2 Å². The van der Waals surface area contributed by atoms with Crippen LogP contribution in [0.4, 0.5) is 34.1 Å². The molecule has 268 valence electrons. The number of para-hydroxylation sites is 2. The Morgan fingerprint density at radius 2 is 0.655 bits per heavy atom. The van der Waals surface area contributed by atoms with Gasteiger partial charge in [0, 0.05) is 34.1 Å². The summed E-state index contributed by atoms with van der Waals surface area (Å²) in [6.07, 6.45) is 0. The van der Waals surface area contributed by atoms with Gasteiger partial charge >= 0.3 is 0 Å². The van der Waals surface area contributed by atoms with Crippen LogP contribution >= 0.6 is 0 Å². The van der Waals surface area contributed by atoms with Crippen molar-refractivity contribution in [3.63, 3.8) is 0 Å². The van der Waals surface area contributed by atoms with Gasteiger partial charge in [-0.2, -0.15) is 0 Å². The molecular formula is C48H36N2O4S. The van der Waals surface area contributed by atoms with Gasteiger partial charge in [0.2, 0.25) is 9.84 Å². The molecular weight excluding hydrogens is 701 g/mol. The number of sulfone groups is 1. The number of hydrogen-bond donors (Lipinski definition) is 1. The molecule has 0 unspecified atom stereocenters. The Morgan fingerprint density at radius 1 is 0.345 bits per heavy atom. The van der Waals surface area contributed by atoms with Gasteiger partial charge in [-0.3, -0.25) is 0 Å². The van der Waals surface area contributed by atoms with E-state index in [0.717, 1.165) is 45.3 Å². The molecule has 0 saturated carbocycles. The number of anilines is 6. The Hall–Kier alpha value is -7.09. The maximum absolute atomic E-state index is 13.0. The van der Waals surface area contributed by atoms with Gasteiger partial charge in [0.25, 0.3) is 0 Å². The number of nitrogens with zero attached hydrogens (tertiary/aromatic N) is 2. The van der Waals surface area contributed by atoms with Crippen molar-refractivity contribution in [2.75, 3.05) is 9.80 Å². The lowest BCUT2D eigenvalue weighted by Crippen LogP contribution is -2.09. The minimum atomic E-state index is -3.61. The maximum atomic E-state index is 13.0. The molecule has 7 heteroatoms. The Balaban J connectivity index is 1.01. The Morgan fingerprint density at radius 3 is 1.07 bits per heavy atom. The van der Waals surface area contributed by atoms with Crippen molar-refractivity contribution in [3.8, 4) is 28.4 Å². The summed E-state index contributed by atoms with van der Waals surface area (Å²) in [4.78, 5) is 4.82. The molecule has 0 aliphatic rings. The summed E-state index contributed by atoms with van der Waals surface area (Å²) < 4.78 is 32.1. The van der Waals surface area contributed by atoms with Gasteiger partial charge in [-0.1, -0.05) is 78.9 Å². The predicted octanol–water partition coefficient (Wildman–Crippen LogP) is 12.6. The number of ether oxygens (including phenoxy) is 1. The molecule has 0 atom stereocenters. The SMILES string of the molecule is O=S(=O)(c1ccccc1)c1ccc(Oc2ccc(N(c3ccccc3)c3ccc(-c4ccc(N(c5ccccc5)c5ccc(O)cc5)cc4)cc3)cc2)cc1. The van der Waals surface area contributed by atoms with E-state index in [1.54, 1.807) is 66.7 Å². The second-order valence-electron chi connectivity index (χ2n) is 12.8. The van der Waals surface area contributed by atoms with Crippen LogP contribution in [0, 0.1) is 0 Å². The average molecular weight is 737 g/mol. The summed E-state index contributed by atoms with van der Waals surface area (Å²) in [5, 5.41) is 9.90. The molecule has 8 aromatic rings. The van der Waals surface area contributed by atoms with E-state index in [2.05, 4.69) is 82.6 Å². The largest absolute Gasteiger partial charge is 0.508 e. The Labute approximate surface area is 321 Å². The number of phenols is 1. The standard InChI is InChI=1S/C48H36N2O4S/c51-44-28-24-42(25-29-44)49(38-10-4-1-5-11-38)40-20-16-36(17-21-40)37-18-22-41(23-19-37)50(39-12-6-2-7-13-39)43-26-30-45(31-27-43)54-46-32-34-48(35-33-46)55(52,53)47-14-8-3-9-15-47/h1-35,51H. The van der Waals surface area contributed by atoms with Crippen LogP contribution in [0.2, 0.25) is 0 Å². The number of hydrogen-bond acceptors (Lipinski definition) is 6. The monoisotopic (exact) mass is 736 g/mol. The molecule has 8 aromatic carbocycles. The number of phenolic OH excluding ortho intramolecular Hbond substituents is 1. The molecule has 0 aliphatic carbocycles. The molecule has 0 amide bonds.